The number of sulfonamides is 1. The van der Waals surface area contributed by atoms with E-state index in [9.17, 15) is 18.0 Å². The Kier molecular flexibility index (Phi) is 7.53. The fraction of sp³-hybridized carbons (Fsp3) is 0.136. The van der Waals surface area contributed by atoms with Gasteiger partial charge in [-0.05, 0) is 36.8 Å². The molecule has 0 saturated carbocycles. The van der Waals surface area contributed by atoms with Crippen molar-refractivity contribution in [2.75, 3.05) is 0 Å². The van der Waals surface area contributed by atoms with Crippen LogP contribution in [0.3, 0.4) is 0 Å². The zero-order valence-corrected chi connectivity index (χ0v) is 18.0. The summed E-state index contributed by atoms with van der Waals surface area (Å²) in [5.41, 5.74) is 2.99. The molecule has 1 heterocycles. The molecule has 3 aromatic rings. The molecule has 10 heteroatoms. The number of rotatable bonds is 8. The Bertz CT molecular complexity index is 1190. The lowest BCUT2D eigenvalue weighted by atomic mass is 10.1. The smallest absolute Gasteiger partial charge is 0.329 e. The van der Waals surface area contributed by atoms with E-state index in [4.69, 9.17) is 4.42 Å². The highest BCUT2D eigenvalue weighted by Gasteiger charge is 2.16. The third kappa shape index (κ3) is 6.37. The van der Waals surface area contributed by atoms with E-state index in [0.29, 0.717) is 5.76 Å². The summed E-state index contributed by atoms with van der Waals surface area (Å²) >= 11 is 0. The van der Waals surface area contributed by atoms with Crippen LogP contribution in [0.5, 0.6) is 0 Å². The molecule has 0 aliphatic heterocycles. The maximum atomic E-state index is 12.2. The molecule has 9 nitrogen and oxygen atoms in total. The highest BCUT2D eigenvalue weighted by Crippen LogP contribution is 2.11. The summed E-state index contributed by atoms with van der Waals surface area (Å²) in [5.74, 6) is -1.12. The predicted molar refractivity (Wildman–Crippen MR) is 118 cm³/mol. The van der Waals surface area contributed by atoms with Gasteiger partial charge in [0.25, 0.3) is 0 Å². The van der Waals surface area contributed by atoms with Crippen LogP contribution in [0.15, 0.2) is 87.2 Å². The van der Waals surface area contributed by atoms with Crippen molar-refractivity contribution in [3.8, 4) is 0 Å². The zero-order chi connectivity index (χ0) is 23.0. The zero-order valence-electron chi connectivity index (χ0n) is 17.2. The van der Waals surface area contributed by atoms with Gasteiger partial charge in [0.05, 0.1) is 23.7 Å². The summed E-state index contributed by atoms with van der Waals surface area (Å²) < 4.78 is 32.3. The standard InChI is InChI=1S/C22H22N4O5S/c1-16(17-8-4-2-5-9-17)25-21(27)22(28)26-23-14-18-12-13-19(31-18)15-24-32(29,30)20-10-6-3-7-11-20/h2-14,16,24H,15H2,1H3,(H,25,27)(H,26,28)/b23-14+/t16-/m0/s1. The fourth-order valence-corrected chi connectivity index (χ4v) is 3.71. The first-order valence-corrected chi connectivity index (χ1v) is 11.2. The van der Waals surface area contributed by atoms with Crippen molar-refractivity contribution in [1.29, 1.82) is 0 Å². The topological polar surface area (TPSA) is 130 Å². The number of hydrazone groups is 1. The van der Waals surface area contributed by atoms with E-state index in [1.807, 2.05) is 30.3 Å². The van der Waals surface area contributed by atoms with Gasteiger partial charge in [-0.15, -0.1) is 0 Å². The molecule has 0 unspecified atom stereocenters. The molecule has 1 atom stereocenters. The van der Waals surface area contributed by atoms with Gasteiger partial charge >= 0.3 is 11.8 Å². The molecule has 0 bridgehead atoms. The van der Waals surface area contributed by atoms with Crippen LogP contribution in [-0.4, -0.2) is 26.4 Å². The molecule has 3 rings (SSSR count). The van der Waals surface area contributed by atoms with E-state index < -0.39 is 21.8 Å². The van der Waals surface area contributed by atoms with E-state index in [2.05, 4.69) is 20.6 Å². The summed E-state index contributed by atoms with van der Waals surface area (Å²) in [4.78, 5) is 24.0. The summed E-state index contributed by atoms with van der Waals surface area (Å²) in [5, 5.41) is 6.27. The molecule has 0 radical (unpaired) electrons. The number of furan rings is 1. The van der Waals surface area contributed by atoms with E-state index in [1.165, 1.54) is 18.3 Å². The summed E-state index contributed by atoms with van der Waals surface area (Å²) in [7, 11) is -3.66. The van der Waals surface area contributed by atoms with Crippen LogP contribution in [-0.2, 0) is 26.2 Å². The molecule has 0 aliphatic carbocycles. The van der Waals surface area contributed by atoms with Crippen LogP contribution in [0.25, 0.3) is 0 Å². The van der Waals surface area contributed by atoms with Crippen LogP contribution >= 0.6 is 0 Å². The van der Waals surface area contributed by atoms with Gasteiger partial charge < -0.3 is 9.73 Å². The van der Waals surface area contributed by atoms with E-state index in [1.54, 1.807) is 37.3 Å². The Hall–Kier alpha value is -3.76. The second-order valence-corrected chi connectivity index (χ2v) is 8.51. The second kappa shape index (κ2) is 10.5. The lowest BCUT2D eigenvalue weighted by Gasteiger charge is -2.13. The molecule has 32 heavy (non-hydrogen) atoms. The van der Waals surface area contributed by atoms with Crippen molar-refractivity contribution in [2.24, 2.45) is 5.10 Å². The molecule has 1 aromatic heterocycles. The van der Waals surface area contributed by atoms with Crippen molar-refractivity contribution in [3.63, 3.8) is 0 Å². The normalized spacial score (nSPS) is 12.4. The van der Waals surface area contributed by atoms with Gasteiger partial charge in [-0.1, -0.05) is 48.5 Å². The SMILES string of the molecule is C[C@H](NC(=O)C(=O)N/N=C/c1ccc(CNS(=O)(=O)c2ccccc2)o1)c1ccccc1. The lowest BCUT2D eigenvalue weighted by Crippen LogP contribution is -2.39. The number of amides is 2. The maximum Gasteiger partial charge on any atom is 0.329 e. The molecule has 0 saturated heterocycles. The predicted octanol–water partition coefficient (Wildman–Crippen LogP) is 2.09. The number of carbonyl (C=O) groups excluding carboxylic acids is 2. The highest BCUT2D eigenvalue weighted by molar-refractivity contribution is 7.89. The van der Waals surface area contributed by atoms with E-state index in [0.717, 1.165) is 5.56 Å². The average molecular weight is 455 g/mol. The van der Waals surface area contributed by atoms with Crippen molar-refractivity contribution < 1.29 is 22.4 Å². The molecular formula is C22H22N4O5S. The van der Waals surface area contributed by atoms with Crippen LogP contribution in [0, 0.1) is 0 Å². The van der Waals surface area contributed by atoms with Crippen LogP contribution in [0.4, 0.5) is 0 Å². The molecular weight excluding hydrogens is 432 g/mol. The minimum absolute atomic E-state index is 0.0583. The van der Waals surface area contributed by atoms with E-state index >= 15 is 0 Å². The van der Waals surface area contributed by atoms with Crippen LogP contribution in [0.2, 0.25) is 0 Å². The Balaban J connectivity index is 1.48. The van der Waals surface area contributed by atoms with Gasteiger partial charge in [0.2, 0.25) is 10.0 Å². The van der Waals surface area contributed by atoms with Gasteiger partial charge in [0, 0.05) is 0 Å². The first-order valence-electron chi connectivity index (χ1n) is 9.67. The van der Waals surface area contributed by atoms with Gasteiger partial charge in [-0.3, -0.25) is 9.59 Å². The fourth-order valence-electron chi connectivity index (χ4n) is 2.70. The van der Waals surface area contributed by atoms with E-state index in [-0.39, 0.29) is 23.2 Å². The minimum Gasteiger partial charge on any atom is -0.459 e. The number of carbonyl (C=O) groups is 2. The molecule has 0 fully saturated rings. The number of benzene rings is 2. The lowest BCUT2D eigenvalue weighted by molar-refractivity contribution is -0.139. The minimum atomic E-state index is -3.66. The van der Waals surface area contributed by atoms with Gasteiger partial charge in [0.1, 0.15) is 11.5 Å². The molecule has 3 N–H and O–H groups in total. The first kappa shape index (κ1) is 22.9. The monoisotopic (exact) mass is 454 g/mol. The van der Waals surface area contributed by atoms with Gasteiger partial charge in [-0.25, -0.2) is 18.6 Å². The summed E-state index contributed by atoms with van der Waals surface area (Å²) in [6.07, 6.45) is 1.21. The number of hydrogen-bond donors (Lipinski definition) is 3. The Morgan fingerprint density at radius 2 is 1.62 bits per heavy atom. The molecule has 2 aromatic carbocycles. The molecule has 166 valence electrons. The molecule has 2 amide bonds. The van der Waals surface area contributed by atoms with Crippen LogP contribution in [0.1, 0.15) is 30.0 Å². The van der Waals surface area contributed by atoms with Crippen molar-refractivity contribution in [1.82, 2.24) is 15.5 Å². The van der Waals surface area contributed by atoms with Gasteiger partial charge in [0.15, 0.2) is 0 Å². The van der Waals surface area contributed by atoms with Crippen molar-refractivity contribution >= 4 is 28.1 Å². The van der Waals surface area contributed by atoms with Crippen molar-refractivity contribution in [2.45, 2.75) is 24.4 Å². The first-order chi connectivity index (χ1) is 15.3. The van der Waals surface area contributed by atoms with Crippen molar-refractivity contribution in [3.05, 3.63) is 89.9 Å². The summed E-state index contributed by atoms with van der Waals surface area (Å²) in [6.45, 7) is 1.71. The number of hydrogen-bond acceptors (Lipinski definition) is 6. The number of nitrogens with one attached hydrogen (secondary N) is 3. The molecule has 0 spiro atoms. The highest BCUT2D eigenvalue weighted by atomic mass is 32.2. The Morgan fingerprint density at radius 3 is 2.31 bits per heavy atom. The largest absolute Gasteiger partial charge is 0.459 e. The summed E-state index contributed by atoms with van der Waals surface area (Å²) in [6, 6.07) is 20.0. The van der Waals surface area contributed by atoms with Gasteiger partial charge in [-0.2, -0.15) is 5.10 Å². The average Bonchev–Trinajstić information content (AvgIpc) is 3.26. The quantitative estimate of drug-likeness (QED) is 0.273. The number of nitrogens with zero attached hydrogens (tertiary/aromatic N) is 1. The Morgan fingerprint density at radius 1 is 0.969 bits per heavy atom. The van der Waals surface area contributed by atoms with Crippen LogP contribution < -0.4 is 15.5 Å². The third-order valence-corrected chi connectivity index (χ3v) is 5.80. The maximum absolute atomic E-state index is 12.2. The second-order valence-electron chi connectivity index (χ2n) is 6.75. The molecule has 0 aliphatic rings. The Labute approximate surface area is 185 Å². The third-order valence-electron chi connectivity index (χ3n) is 4.38.